The highest BCUT2D eigenvalue weighted by atomic mass is 32.2. The number of benzene rings is 2. The van der Waals surface area contributed by atoms with Crippen LogP contribution >= 0.6 is 11.9 Å². The minimum atomic E-state index is -0.998. The highest BCUT2D eigenvalue weighted by Crippen LogP contribution is 2.30. The summed E-state index contributed by atoms with van der Waals surface area (Å²) in [6.07, 6.45) is 0.192. The molecule has 0 radical (unpaired) electrons. The molecule has 3 rings (SSSR count). The van der Waals surface area contributed by atoms with Crippen molar-refractivity contribution in [3.8, 4) is 17.1 Å². The van der Waals surface area contributed by atoms with E-state index < -0.39 is 17.7 Å². The van der Waals surface area contributed by atoms with E-state index in [4.69, 9.17) is 14.5 Å². The van der Waals surface area contributed by atoms with Crippen LogP contribution in [0.15, 0.2) is 53.4 Å². The van der Waals surface area contributed by atoms with Crippen molar-refractivity contribution in [1.82, 2.24) is 15.3 Å². The van der Waals surface area contributed by atoms with Crippen LogP contribution in [0.3, 0.4) is 0 Å². The lowest BCUT2D eigenvalue weighted by Gasteiger charge is -2.24. The van der Waals surface area contributed by atoms with E-state index in [1.807, 2.05) is 52.8 Å². The number of carboxylic acid groups (broad SMARTS) is 1. The molecule has 1 amide bonds. The fourth-order valence-electron chi connectivity index (χ4n) is 4.09. The molecule has 0 unspecified atom stereocenters. The van der Waals surface area contributed by atoms with Crippen molar-refractivity contribution in [2.24, 2.45) is 5.92 Å². The zero-order valence-electron chi connectivity index (χ0n) is 24.1. The number of carboxylic acids is 1. The molecule has 40 heavy (non-hydrogen) atoms. The van der Waals surface area contributed by atoms with E-state index >= 15 is 0 Å². The molecule has 0 aliphatic rings. The Hall–Kier alpha value is -3.79. The summed E-state index contributed by atoms with van der Waals surface area (Å²) >= 11 is 1.21. The number of nitrogens with one attached hydrogen (secondary N) is 2. The number of carbonyl (C=O) groups is 2. The smallest absolute Gasteiger partial charge is 0.407 e. The van der Waals surface area contributed by atoms with Crippen molar-refractivity contribution in [2.75, 3.05) is 11.3 Å². The molecule has 1 heterocycles. The number of carbonyl (C=O) groups excluding carboxylic acids is 1. The zero-order valence-corrected chi connectivity index (χ0v) is 24.9. The van der Waals surface area contributed by atoms with Gasteiger partial charge >= 0.3 is 12.1 Å². The topological polar surface area (TPSA) is 123 Å². The maximum absolute atomic E-state index is 12.5. The van der Waals surface area contributed by atoms with Gasteiger partial charge in [0.15, 0.2) is 0 Å². The van der Waals surface area contributed by atoms with Gasteiger partial charge in [0.25, 0.3) is 0 Å². The molecule has 0 aliphatic carbocycles. The van der Waals surface area contributed by atoms with E-state index in [1.165, 1.54) is 18.0 Å². The van der Waals surface area contributed by atoms with Gasteiger partial charge in [0.05, 0.1) is 17.3 Å². The monoisotopic (exact) mass is 566 g/mol. The fourth-order valence-corrected chi connectivity index (χ4v) is 4.72. The maximum Gasteiger partial charge on any atom is 0.407 e. The second kappa shape index (κ2) is 13.5. The summed E-state index contributed by atoms with van der Waals surface area (Å²) < 4.78 is 14.7. The number of alkyl carbamates (subject to hydrolysis) is 1. The molecule has 0 aliphatic heterocycles. The van der Waals surface area contributed by atoms with Gasteiger partial charge in [-0.1, -0.05) is 38.1 Å². The van der Waals surface area contributed by atoms with Gasteiger partial charge in [-0.15, -0.1) is 0 Å². The Morgan fingerprint density at radius 2 is 1.70 bits per heavy atom. The summed E-state index contributed by atoms with van der Waals surface area (Å²) in [5.74, 6) is -0.0344. The number of amides is 1. The number of aromatic carboxylic acids is 1. The van der Waals surface area contributed by atoms with Gasteiger partial charge in [-0.05, 0) is 88.2 Å². The first kappa shape index (κ1) is 30.7. The number of hydrogen-bond acceptors (Lipinski definition) is 8. The Balaban J connectivity index is 1.87. The summed E-state index contributed by atoms with van der Waals surface area (Å²) in [4.78, 5) is 33.8. The molecular weight excluding hydrogens is 528 g/mol. The first-order valence-corrected chi connectivity index (χ1v) is 14.0. The Morgan fingerprint density at radius 3 is 2.33 bits per heavy atom. The molecule has 1 aromatic heterocycles. The van der Waals surface area contributed by atoms with Gasteiger partial charge in [-0.3, -0.25) is 4.72 Å². The van der Waals surface area contributed by atoms with E-state index in [-0.39, 0.29) is 18.2 Å². The van der Waals surface area contributed by atoms with E-state index in [0.717, 1.165) is 16.7 Å². The molecule has 3 aromatic rings. The summed E-state index contributed by atoms with van der Waals surface area (Å²) in [6.45, 7) is 13.8. The molecule has 214 valence electrons. The Bertz CT molecular complexity index is 1320. The standard InChI is InChI=1S/C30H38N4O5S/c1-18(2)14-22(31-29(37)39-30(5,6)7)17-38-25-16-24(26-19(3)10-8-11-20(26)4)32-28(33-25)34-40-23-13-9-12-21(15-23)27(35)36/h8-13,15-16,18,22H,14,17H2,1-7H3,(H,31,37)(H,35,36)(H,32,33,34)/t22-/m1/s1. The molecule has 0 fully saturated rings. The average Bonchev–Trinajstić information content (AvgIpc) is 2.84. The molecule has 2 aromatic carbocycles. The molecule has 10 heteroatoms. The molecule has 0 spiro atoms. The van der Waals surface area contributed by atoms with Crippen molar-refractivity contribution in [3.05, 3.63) is 65.2 Å². The van der Waals surface area contributed by atoms with Crippen molar-refractivity contribution in [1.29, 1.82) is 0 Å². The van der Waals surface area contributed by atoms with Gasteiger partial charge < -0.3 is 19.9 Å². The van der Waals surface area contributed by atoms with E-state index in [1.54, 1.807) is 24.3 Å². The Kier molecular flexibility index (Phi) is 10.4. The SMILES string of the molecule is Cc1cccc(C)c1-c1cc(OC[C@@H](CC(C)C)NC(=O)OC(C)(C)C)nc(NSc2cccc(C(=O)O)c2)n1. The van der Waals surface area contributed by atoms with Crippen LogP contribution in [-0.4, -0.2) is 45.4 Å². The van der Waals surface area contributed by atoms with Crippen molar-refractivity contribution >= 4 is 30.0 Å². The lowest BCUT2D eigenvalue weighted by atomic mass is 10.00. The van der Waals surface area contributed by atoms with Gasteiger partial charge in [0.1, 0.15) is 12.2 Å². The van der Waals surface area contributed by atoms with Crippen LogP contribution in [0.4, 0.5) is 10.7 Å². The molecule has 3 N–H and O–H groups in total. The number of aromatic nitrogens is 2. The van der Waals surface area contributed by atoms with Crippen molar-refractivity contribution < 1.29 is 24.2 Å². The Labute approximate surface area is 240 Å². The highest BCUT2D eigenvalue weighted by molar-refractivity contribution is 8.00. The predicted octanol–water partition coefficient (Wildman–Crippen LogP) is 6.90. The number of hydrogen-bond donors (Lipinski definition) is 3. The van der Waals surface area contributed by atoms with E-state index in [0.29, 0.717) is 34.8 Å². The lowest BCUT2D eigenvalue weighted by molar-refractivity contribution is 0.0478. The molecule has 1 atom stereocenters. The van der Waals surface area contributed by atoms with Crippen LogP contribution in [0.5, 0.6) is 5.88 Å². The molecular formula is C30H38N4O5S. The minimum Gasteiger partial charge on any atom is -0.478 e. The number of aryl methyl sites for hydroxylation is 2. The normalized spacial score (nSPS) is 12.1. The van der Waals surface area contributed by atoms with Crippen LogP contribution in [0.2, 0.25) is 0 Å². The number of ether oxygens (including phenoxy) is 2. The van der Waals surface area contributed by atoms with Crippen LogP contribution < -0.4 is 14.8 Å². The van der Waals surface area contributed by atoms with Crippen molar-refractivity contribution in [2.45, 2.75) is 71.4 Å². The zero-order chi connectivity index (χ0) is 29.4. The van der Waals surface area contributed by atoms with Gasteiger partial charge in [0, 0.05) is 16.5 Å². The van der Waals surface area contributed by atoms with Crippen LogP contribution in [-0.2, 0) is 4.74 Å². The van der Waals surface area contributed by atoms with Gasteiger partial charge in [-0.2, -0.15) is 4.98 Å². The van der Waals surface area contributed by atoms with E-state index in [9.17, 15) is 14.7 Å². The highest BCUT2D eigenvalue weighted by Gasteiger charge is 2.21. The third-order valence-corrected chi connectivity index (χ3v) is 6.46. The number of nitrogens with zero attached hydrogens (tertiary/aromatic N) is 2. The van der Waals surface area contributed by atoms with Crippen LogP contribution in [0, 0.1) is 19.8 Å². The lowest BCUT2D eigenvalue weighted by Crippen LogP contribution is -2.42. The largest absolute Gasteiger partial charge is 0.478 e. The molecule has 0 saturated heterocycles. The second-order valence-corrected chi connectivity index (χ2v) is 11.9. The first-order chi connectivity index (χ1) is 18.8. The third kappa shape index (κ3) is 9.44. The molecule has 9 nitrogen and oxygen atoms in total. The van der Waals surface area contributed by atoms with Crippen LogP contribution in [0.25, 0.3) is 11.3 Å². The minimum absolute atomic E-state index is 0.188. The van der Waals surface area contributed by atoms with Crippen molar-refractivity contribution in [3.63, 3.8) is 0 Å². The summed E-state index contributed by atoms with van der Waals surface area (Å²) in [7, 11) is 0. The summed E-state index contributed by atoms with van der Waals surface area (Å²) in [6, 6.07) is 14.1. The van der Waals surface area contributed by atoms with Crippen LogP contribution in [0.1, 0.15) is 62.5 Å². The number of rotatable bonds is 11. The maximum atomic E-state index is 12.5. The van der Waals surface area contributed by atoms with Gasteiger partial charge in [-0.25, -0.2) is 14.6 Å². The molecule has 0 bridgehead atoms. The van der Waals surface area contributed by atoms with Gasteiger partial charge in [0.2, 0.25) is 11.8 Å². The quantitative estimate of drug-likeness (QED) is 0.213. The Morgan fingerprint density at radius 1 is 1.02 bits per heavy atom. The first-order valence-electron chi connectivity index (χ1n) is 13.1. The average molecular weight is 567 g/mol. The third-order valence-electron chi connectivity index (χ3n) is 5.69. The molecule has 0 saturated carbocycles. The van der Waals surface area contributed by atoms with E-state index in [2.05, 4.69) is 28.9 Å². The second-order valence-electron chi connectivity index (χ2n) is 11.0. The number of anilines is 1. The fraction of sp³-hybridized carbons (Fsp3) is 0.400. The predicted molar refractivity (Wildman–Crippen MR) is 158 cm³/mol. The summed E-state index contributed by atoms with van der Waals surface area (Å²) in [5.41, 5.74) is 3.35. The summed E-state index contributed by atoms with van der Waals surface area (Å²) in [5, 5.41) is 12.2.